The Morgan fingerprint density at radius 2 is 1.95 bits per heavy atom. The van der Waals surface area contributed by atoms with Crippen LogP contribution in [0, 0.1) is 0 Å². The van der Waals surface area contributed by atoms with E-state index in [-0.39, 0.29) is 17.0 Å². The smallest absolute Gasteiger partial charge is 0.234 e. The number of ether oxygens (including phenoxy) is 1. The molecule has 0 radical (unpaired) electrons. The normalized spacial score (nSPS) is 26.4. The lowest BCUT2D eigenvalue weighted by molar-refractivity contribution is -0.124. The van der Waals surface area contributed by atoms with E-state index in [0.29, 0.717) is 12.6 Å². The molecular formula is C16H30N2O2. The fourth-order valence-electron chi connectivity index (χ4n) is 3.45. The van der Waals surface area contributed by atoms with Crippen molar-refractivity contribution in [3.63, 3.8) is 0 Å². The van der Waals surface area contributed by atoms with Gasteiger partial charge in [0.2, 0.25) is 5.91 Å². The highest BCUT2D eigenvalue weighted by atomic mass is 16.5. The van der Waals surface area contributed by atoms with Gasteiger partial charge in [0.25, 0.3) is 0 Å². The molecule has 2 N–H and O–H groups in total. The zero-order chi connectivity index (χ0) is 14.6. The van der Waals surface area contributed by atoms with Gasteiger partial charge in [-0.1, -0.05) is 19.3 Å². The summed E-state index contributed by atoms with van der Waals surface area (Å²) in [4.78, 5) is 11.9. The van der Waals surface area contributed by atoms with Gasteiger partial charge in [0.05, 0.1) is 12.1 Å². The second kappa shape index (κ2) is 6.44. The van der Waals surface area contributed by atoms with Crippen LogP contribution >= 0.6 is 0 Å². The molecule has 116 valence electrons. The third kappa shape index (κ3) is 4.74. The Kier molecular flexibility index (Phi) is 5.08. The number of rotatable bonds is 3. The number of hydrogen-bond donors (Lipinski definition) is 2. The summed E-state index contributed by atoms with van der Waals surface area (Å²) in [6, 6.07) is 0.424. The minimum Gasteiger partial charge on any atom is -0.375 e. The predicted molar refractivity (Wildman–Crippen MR) is 80.7 cm³/mol. The van der Waals surface area contributed by atoms with Crippen molar-refractivity contribution in [1.82, 2.24) is 10.6 Å². The molecule has 0 aromatic carbocycles. The summed E-state index contributed by atoms with van der Waals surface area (Å²) >= 11 is 0. The molecule has 1 aliphatic heterocycles. The molecule has 1 saturated heterocycles. The molecule has 2 rings (SSSR count). The van der Waals surface area contributed by atoms with E-state index in [0.717, 1.165) is 19.4 Å². The molecule has 20 heavy (non-hydrogen) atoms. The quantitative estimate of drug-likeness (QED) is 0.835. The van der Waals surface area contributed by atoms with Crippen molar-refractivity contribution in [2.24, 2.45) is 0 Å². The third-order valence-electron chi connectivity index (χ3n) is 4.32. The first-order valence-corrected chi connectivity index (χ1v) is 8.07. The molecule has 1 amide bonds. The fourth-order valence-corrected chi connectivity index (χ4v) is 3.45. The van der Waals surface area contributed by atoms with Crippen LogP contribution in [0.15, 0.2) is 0 Å². The zero-order valence-corrected chi connectivity index (χ0v) is 13.3. The van der Waals surface area contributed by atoms with Gasteiger partial charge in [-0.15, -0.1) is 0 Å². The molecule has 1 spiro atoms. The molecule has 1 atom stereocenters. The molecule has 1 aliphatic carbocycles. The number of nitrogens with one attached hydrogen (secondary N) is 2. The summed E-state index contributed by atoms with van der Waals surface area (Å²) in [5.74, 6) is 0.0849. The van der Waals surface area contributed by atoms with Crippen LogP contribution in [0.1, 0.15) is 65.7 Å². The van der Waals surface area contributed by atoms with E-state index < -0.39 is 0 Å². The first-order valence-electron chi connectivity index (χ1n) is 8.07. The van der Waals surface area contributed by atoms with Crippen LogP contribution in [0.2, 0.25) is 0 Å². The molecule has 0 bridgehead atoms. The van der Waals surface area contributed by atoms with E-state index in [2.05, 4.69) is 10.6 Å². The van der Waals surface area contributed by atoms with Crippen LogP contribution in [0.3, 0.4) is 0 Å². The highest BCUT2D eigenvalue weighted by Crippen LogP contribution is 2.38. The second-order valence-corrected chi connectivity index (χ2v) is 7.46. The molecule has 0 aromatic heterocycles. The Morgan fingerprint density at radius 1 is 1.25 bits per heavy atom. The van der Waals surface area contributed by atoms with Crippen LogP contribution in [0.5, 0.6) is 0 Å². The minimum atomic E-state index is -0.154. The Hall–Kier alpha value is -0.610. The lowest BCUT2D eigenvalue weighted by Gasteiger charge is -2.43. The Bertz CT molecular complexity index is 324. The van der Waals surface area contributed by atoms with Crippen molar-refractivity contribution < 1.29 is 9.53 Å². The highest BCUT2D eigenvalue weighted by molar-refractivity contribution is 5.78. The number of amides is 1. The molecular weight excluding hydrogens is 252 g/mol. The molecule has 4 nitrogen and oxygen atoms in total. The summed E-state index contributed by atoms with van der Waals surface area (Å²) in [7, 11) is 0. The Morgan fingerprint density at radius 3 is 2.60 bits per heavy atom. The average Bonchev–Trinajstić information content (AvgIpc) is 2.35. The minimum absolute atomic E-state index is 0.0849. The van der Waals surface area contributed by atoms with E-state index in [4.69, 9.17) is 4.74 Å². The van der Waals surface area contributed by atoms with Crippen molar-refractivity contribution >= 4 is 5.91 Å². The topological polar surface area (TPSA) is 50.4 Å². The van der Waals surface area contributed by atoms with Gasteiger partial charge in [-0.25, -0.2) is 0 Å². The lowest BCUT2D eigenvalue weighted by Crippen LogP contribution is -2.51. The molecule has 2 aliphatic rings. The Balaban J connectivity index is 1.77. The monoisotopic (exact) mass is 282 g/mol. The first-order chi connectivity index (χ1) is 9.39. The number of carbonyl (C=O) groups is 1. The van der Waals surface area contributed by atoms with Gasteiger partial charge < -0.3 is 15.4 Å². The van der Waals surface area contributed by atoms with Crippen molar-refractivity contribution in [1.29, 1.82) is 0 Å². The van der Waals surface area contributed by atoms with E-state index in [9.17, 15) is 4.79 Å². The molecule has 0 aromatic rings. The summed E-state index contributed by atoms with van der Waals surface area (Å²) in [6.07, 6.45) is 8.39. The summed E-state index contributed by atoms with van der Waals surface area (Å²) in [5.41, 5.74) is -0.0479. The maximum absolute atomic E-state index is 11.9. The van der Waals surface area contributed by atoms with Crippen LogP contribution in [-0.4, -0.2) is 36.2 Å². The van der Waals surface area contributed by atoms with Crippen molar-refractivity contribution in [3.05, 3.63) is 0 Å². The zero-order valence-electron chi connectivity index (χ0n) is 13.3. The largest absolute Gasteiger partial charge is 0.375 e. The average molecular weight is 282 g/mol. The number of hydrogen-bond acceptors (Lipinski definition) is 3. The van der Waals surface area contributed by atoms with Gasteiger partial charge in [0, 0.05) is 18.2 Å². The predicted octanol–water partition coefficient (Wildman–Crippen LogP) is 2.37. The highest BCUT2D eigenvalue weighted by Gasteiger charge is 2.38. The van der Waals surface area contributed by atoms with Crippen molar-refractivity contribution in [2.75, 3.05) is 13.2 Å². The molecule has 2 fully saturated rings. The SMILES string of the molecule is CC(C)(C)NC(=O)CNC1CCOC2(CCCCC2)C1. The van der Waals surface area contributed by atoms with E-state index in [1.54, 1.807) is 0 Å². The van der Waals surface area contributed by atoms with Gasteiger partial charge in [0.1, 0.15) is 0 Å². The van der Waals surface area contributed by atoms with Gasteiger partial charge in [0.15, 0.2) is 0 Å². The fraction of sp³-hybridized carbons (Fsp3) is 0.938. The van der Waals surface area contributed by atoms with E-state index in [1.165, 1.54) is 32.1 Å². The first kappa shape index (κ1) is 15.8. The van der Waals surface area contributed by atoms with Crippen LogP contribution in [0.4, 0.5) is 0 Å². The van der Waals surface area contributed by atoms with Crippen LogP contribution in [0.25, 0.3) is 0 Å². The van der Waals surface area contributed by atoms with Crippen molar-refractivity contribution in [3.8, 4) is 0 Å². The number of carbonyl (C=O) groups excluding carboxylic acids is 1. The molecule has 1 unspecified atom stereocenters. The summed E-state index contributed by atoms with van der Waals surface area (Å²) < 4.78 is 6.08. The van der Waals surface area contributed by atoms with E-state index >= 15 is 0 Å². The standard InChI is InChI=1S/C16H30N2O2/c1-15(2,3)18-14(19)12-17-13-7-10-20-16(11-13)8-5-4-6-9-16/h13,17H,4-12H2,1-3H3,(H,18,19). The van der Waals surface area contributed by atoms with Crippen molar-refractivity contribution in [2.45, 2.75) is 82.9 Å². The molecule has 1 saturated carbocycles. The maximum atomic E-state index is 11.9. The second-order valence-electron chi connectivity index (χ2n) is 7.46. The van der Waals surface area contributed by atoms with Gasteiger partial charge in [-0.05, 0) is 46.5 Å². The molecule has 4 heteroatoms. The lowest BCUT2D eigenvalue weighted by atomic mass is 9.78. The third-order valence-corrected chi connectivity index (χ3v) is 4.32. The maximum Gasteiger partial charge on any atom is 0.234 e. The summed E-state index contributed by atoms with van der Waals surface area (Å²) in [5, 5.41) is 6.42. The van der Waals surface area contributed by atoms with Gasteiger partial charge in [-0.3, -0.25) is 4.79 Å². The van der Waals surface area contributed by atoms with E-state index in [1.807, 2.05) is 20.8 Å². The van der Waals surface area contributed by atoms with Gasteiger partial charge in [-0.2, -0.15) is 0 Å². The van der Waals surface area contributed by atoms with Crippen LogP contribution < -0.4 is 10.6 Å². The molecule has 1 heterocycles. The van der Waals surface area contributed by atoms with Crippen LogP contribution in [-0.2, 0) is 9.53 Å². The van der Waals surface area contributed by atoms with Gasteiger partial charge >= 0.3 is 0 Å². The summed E-state index contributed by atoms with van der Waals surface area (Å²) in [6.45, 7) is 7.28. The Labute approximate surface area is 123 Å².